The van der Waals surface area contributed by atoms with Crippen molar-refractivity contribution < 1.29 is 9.18 Å². The van der Waals surface area contributed by atoms with E-state index in [1.165, 1.54) is 6.07 Å². The molecule has 0 aliphatic heterocycles. The van der Waals surface area contributed by atoms with E-state index in [9.17, 15) is 9.18 Å². The van der Waals surface area contributed by atoms with E-state index in [4.69, 9.17) is 17.3 Å². The molecule has 1 aromatic rings. The molecule has 0 bridgehead atoms. The van der Waals surface area contributed by atoms with Crippen LogP contribution in [0, 0.1) is 11.2 Å². The summed E-state index contributed by atoms with van der Waals surface area (Å²) in [5.41, 5.74) is 5.15. The predicted molar refractivity (Wildman–Crippen MR) is 72.2 cm³/mol. The molecule has 4 heteroatoms. The Morgan fingerprint density at radius 3 is 2.39 bits per heavy atom. The molecule has 1 rings (SSSR count). The van der Waals surface area contributed by atoms with E-state index < -0.39 is 16.8 Å². The summed E-state index contributed by atoms with van der Waals surface area (Å²) in [7, 11) is 0. The highest BCUT2D eigenvalue weighted by Gasteiger charge is 2.39. The molecule has 100 valence electrons. The number of ketones is 1. The Morgan fingerprint density at radius 1 is 1.33 bits per heavy atom. The van der Waals surface area contributed by atoms with Crippen molar-refractivity contribution in [3.05, 3.63) is 34.6 Å². The smallest absolute Gasteiger partial charge is 0.144 e. The van der Waals surface area contributed by atoms with Crippen molar-refractivity contribution in [2.45, 2.75) is 39.7 Å². The topological polar surface area (TPSA) is 43.1 Å². The van der Waals surface area contributed by atoms with Gasteiger partial charge >= 0.3 is 0 Å². The molecule has 0 amide bonds. The summed E-state index contributed by atoms with van der Waals surface area (Å²) >= 11 is 5.84. The third-order valence-corrected chi connectivity index (χ3v) is 4.11. The van der Waals surface area contributed by atoms with E-state index in [1.807, 2.05) is 0 Å². The maximum atomic E-state index is 13.3. The zero-order valence-corrected chi connectivity index (χ0v) is 11.9. The Balaban J connectivity index is 2.99. The van der Waals surface area contributed by atoms with Gasteiger partial charge in [0, 0.05) is 17.4 Å². The first-order chi connectivity index (χ1) is 8.07. The summed E-state index contributed by atoms with van der Waals surface area (Å²) in [4.78, 5) is 12.3. The molecular formula is C14H19ClFNO. The standard InChI is InChI=1S/C14H19ClFNO/c1-13(2,14(3,4)17)11(18)8-9-6-5-7-10(16)12(9)15/h5-7H,8,17H2,1-4H3. The second-order valence-electron chi connectivity index (χ2n) is 5.66. The van der Waals surface area contributed by atoms with E-state index in [1.54, 1.807) is 39.8 Å². The molecule has 2 nitrogen and oxygen atoms in total. The van der Waals surface area contributed by atoms with Gasteiger partial charge in [-0.05, 0) is 25.5 Å². The second-order valence-corrected chi connectivity index (χ2v) is 6.04. The number of benzene rings is 1. The minimum atomic E-state index is -0.706. The number of hydrogen-bond donors (Lipinski definition) is 1. The second kappa shape index (κ2) is 4.98. The van der Waals surface area contributed by atoms with Crippen LogP contribution in [-0.2, 0) is 11.2 Å². The Hall–Kier alpha value is -0.930. The molecule has 18 heavy (non-hydrogen) atoms. The summed E-state index contributed by atoms with van der Waals surface area (Å²) in [6.45, 7) is 7.20. The van der Waals surface area contributed by atoms with Gasteiger partial charge in [0.25, 0.3) is 0 Å². The fourth-order valence-corrected chi connectivity index (χ4v) is 1.63. The lowest BCUT2D eigenvalue weighted by atomic mass is 9.71. The van der Waals surface area contributed by atoms with Gasteiger partial charge in [-0.25, -0.2) is 4.39 Å². The molecule has 2 N–H and O–H groups in total. The number of nitrogens with two attached hydrogens (primary N) is 1. The molecule has 0 saturated heterocycles. The minimum Gasteiger partial charge on any atom is -0.325 e. The Bertz CT molecular complexity index is 463. The van der Waals surface area contributed by atoms with E-state index in [-0.39, 0.29) is 17.2 Å². The molecule has 0 spiro atoms. The first kappa shape index (κ1) is 15.1. The summed E-state index contributed by atoms with van der Waals surface area (Å²) in [5, 5.41) is 0.0106. The summed E-state index contributed by atoms with van der Waals surface area (Å²) in [5.74, 6) is -0.561. The first-order valence-corrected chi connectivity index (χ1v) is 6.20. The van der Waals surface area contributed by atoms with Crippen LogP contribution >= 0.6 is 11.6 Å². The van der Waals surface area contributed by atoms with Gasteiger partial charge in [0.05, 0.1) is 5.02 Å². The van der Waals surface area contributed by atoms with Crippen molar-refractivity contribution in [3.8, 4) is 0 Å². The predicted octanol–water partition coefficient (Wildman–Crippen LogP) is 3.35. The molecule has 0 heterocycles. The minimum absolute atomic E-state index is 0.0106. The van der Waals surface area contributed by atoms with E-state index >= 15 is 0 Å². The maximum absolute atomic E-state index is 13.3. The monoisotopic (exact) mass is 271 g/mol. The quantitative estimate of drug-likeness (QED) is 0.913. The SMILES string of the molecule is CC(C)(N)C(C)(C)C(=O)Cc1cccc(F)c1Cl. The highest BCUT2D eigenvalue weighted by atomic mass is 35.5. The van der Waals surface area contributed by atoms with Crippen molar-refractivity contribution in [1.82, 2.24) is 0 Å². The van der Waals surface area contributed by atoms with Gasteiger partial charge in [0.1, 0.15) is 11.6 Å². The van der Waals surface area contributed by atoms with Crippen molar-refractivity contribution in [2.24, 2.45) is 11.1 Å². The summed E-state index contributed by atoms with van der Waals surface area (Å²) in [6.07, 6.45) is 0.0875. The molecular weight excluding hydrogens is 253 g/mol. The van der Waals surface area contributed by atoms with Gasteiger partial charge in [-0.15, -0.1) is 0 Å². The van der Waals surface area contributed by atoms with Crippen molar-refractivity contribution in [1.29, 1.82) is 0 Å². The lowest BCUT2D eigenvalue weighted by molar-refractivity contribution is -0.129. The molecule has 0 aromatic heterocycles. The van der Waals surface area contributed by atoms with E-state index in [0.29, 0.717) is 5.56 Å². The zero-order valence-electron chi connectivity index (χ0n) is 11.2. The van der Waals surface area contributed by atoms with Crippen LogP contribution in [-0.4, -0.2) is 11.3 Å². The molecule has 0 saturated carbocycles. The van der Waals surface area contributed by atoms with Crippen LogP contribution in [0.25, 0.3) is 0 Å². The number of hydrogen-bond acceptors (Lipinski definition) is 2. The highest BCUT2D eigenvalue weighted by Crippen LogP contribution is 2.32. The fourth-order valence-electron chi connectivity index (χ4n) is 1.44. The number of rotatable bonds is 4. The van der Waals surface area contributed by atoms with Crippen molar-refractivity contribution in [3.63, 3.8) is 0 Å². The van der Waals surface area contributed by atoms with Crippen LogP contribution in [0.5, 0.6) is 0 Å². The van der Waals surface area contributed by atoms with Crippen molar-refractivity contribution in [2.75, 3.05) is 0 Å². The van der Waals surface area contributed by atoms with Crippen LogP contribution in [0.4, 0.5) is 4.39 Å². The molecule has 0 atom stereocenters. The summed E-state index contributed by atoms with van der Waals surface area (Å²) < 4.78 is 13.3. The Morgan fingerprint density at radius 2 is 1.89 bits per heavy atom. The Labute approximate surface area is 112 Å². The Kier molecular flexibility index (Phi) is 4.19. The van der Waals surface area contributed by atoms with Crippen LogP contribution < -0.4 is 5.73 Å². The van der Waals surface area contributed by atoms with Crippen LogP contribution in [0.15, 0.2) is 18.2 Å². The van der Waals surface area contributed by atoms with Gasteiger partial charge in [0.15, 0.2) is 0 Å². The van der Waals surface area contributed by atoms with Gasteiger partial charge in [-0.3, -0.25) is 4.79 Å². The van der Waals surface area contributed by atoms with Gasteiger partial charge in [-0.2, -0.15) is 0 Å². The number of Topliss-reactive ketones (excluding diaryl/α,β-unsaturated/α-hetero) is 1. The van der Waals surface area contributed by atoms with Crippen LogP contribution in [0.3, 0.4) is 0 Å². The zero-order chi connectivity index (χ0) is 14.1. The number of carbonyl (C=O) groups is 1. The molecule has 0 unspecified atom stereocenters. The lowest BCUT2D eigenvalue weighted by Gasteiger charge is -2.37. The fraction of sp³-hybridized carbons (Fsp3) is 0.500. The summed E-state index contributed by atoms with van der Waals surface area (Å²) in [6, 6.07) is 4.47. The number of carbonyl (C=O) groups excluding carboxylic acids is 1. The first-order valence-electron chi connectivity index (χ1n) is 5.82. The molecule has 0 aliphatic carbocycles. The molecule has 0 radical (unpaired) electrons. The maximum Gasteiger partial charge on any atom is 0.144 e. The molecule has 0 fully saturated rings. The third kappa shape index (κ3) is 2.90. The lowest BCUT2D eigenvalue weighted by Crippen LogP contribution is -2.52. The number of halogens is 2. The average molecular weight is 272 g/mol. The van der Waals surface area contributed by atoms with Crippen molar-refractivity contribution >= 4 is 17.4 Å². The van der Waals surface area contributed by atoms with E-state index in [0.717, 1.165) is 0 Å². The molecule has 0 aliphatic rings. The third-order valence-electron chi connectivity index (χ3n) is 3.69. The largest absolute Gasteiger partial charge is 0.325 e. The average Bonchev–Trinajstić information content (AvgIpc) is 2.23. The van der Waals surface area contributed by atoms with Crippen LogP contribution in [0.2, 0.25) is 5.02 Å². The van der Waals surface area contributed by atoms with E-state index in [2.05, 4.69) is 0 Å². The van der Waals surface area contributed by atoms with Gasteiger partial charge in [0.2, 0.25) is 0 Å². The van der Waals surface area contributed by atoms with Crippen LogP contribution in [0.1, 0.15) is 33.3 Å². The normalized spacial score (nSPS) is 12.6. The molecule has 1 aromatic carbocycles. The highest BCUT2D eigenvalue weighted by molar-refractivity contribution is 6.31. The van der Waals surface area contributed by atoms with Gasteiger partial charge in [-0.1, -0.05) is 37.6 Å². The van der Waals surface area contributed by atoms with Gasteiger partial charge < -0.3 is 5.73 Å².